The number of aliphatic hydroxyl groups excluding tert-OH is 1. The first kappa shape index (κ1) is 17.5. The molecule has 0 fully saturated rings. The maximum Gasteiger partial charge on any atom is 0.418 e. The highest BCUT2D eigenvalue weighted by Gasteiger charge is 2.36. The lowest BCUT2D eigenvalue weighted by atomic mass is 10.1. The molecule has 21 heavy (non-hydrogen) atoms. The molecule has 0 saturated carbocycles. The van der Waals surface area contributed by atoms with Gasteiger partial charge in [0.25, 0.3) is 5.69 Å². The molecule has 0 saturated heterocycles. The Kier molecular flexibility index (Phi) is 5.76. The molecule has 1 aromatic rings. The van der Waals surface area contributed by atoms with Gasteiger partial charge in [0.2, 0.25) is 0 Å². The molecule has 0 amide bonds. The van der Waals surface area contributed by atoms with E-state index in [0.29, 0.717) is 6.07 Å². The summed E-state index contributed by atoms with van der Waals surface area (Å²) in [4.78, 5) is 9.89. The van der Waals surface area contributed by atoms with E-state index in [2.05, 4.69) is 10.1 Å². The number of nitro groups is 1. The number of nitrogens with one attached hydrogen (secondary N) is 1. The van der Waals surface area contributed by atoms with Crippen molar-refractivity contribution in [1.82, 2.24) is 0 Å². The average Bonchev–Trinajstić information content (AvgIpc) is 2.34. The Hall–Kier alpha value is -1.58. The van der Waals surface area contributed by atoms with E-state index in [9.17, 15) is 28.4 Å². The molecule has 0 bridgehead atoms. The molecule has 118 valence electrons. The number of nitrogens with zero attached hydrogens (tertiary/aromatic N) is 1. The number of aliphatic hydroxyl groups is 1. The third-order valence-corrected chi connectivity index (χ3v) is 2.79. The summed E-state index contributed by atoms with van der Waals surface area (Å²) in [5.41, 5.74) is -2.29. The summed E-state index contributed by atoms with van der Waals surface area (Å²) in [6, 6.07) is 1.16. The summed E-state index contributed by atoms with van der Waals surface area (Å²) in [6.07, 6.45) is -5.77. The van der Waals surface area contributed by atoms with Gasteiger partial charge in [-0.3, -0.25) is 10.1 Å². The quantitative estimate of drug-likeness (QED) is 0.619. The lowest BCUT2D eigenvalue weighted by molar-refractivity contribution is -0.384. The maximum atomic E-state index is 12.7. The zero-order valence-electron chi connectivity index (χ0n) is 10.8. The van der Waals surface area contributed by atoms with Crippen molar-refractivity contribution in [1.29, 1.82) is 0 Å². The van der Waals surface area contributed by atoms with Crippen molar-refractivity contribution in [2.75, 3.05) is 25.6 Å². The van der Waals surface area contributed by atoms with Gasteiger partial charge in [-0.05, 0) is 6.07 Å². The van der Waals surface area contributed by atoms with Crippen LogP contribution < -0.4 is 5.32 Å². The Morgan fingerprint density at radius 2 is 2.14 bits per heavy atom. The molecule has 0 heterocycles. The summed E-state index contributed by atoms with van der Waals surface area (Å²) in [5.74, 6) is 0. The molecule has 1 rings (SSSR count). The largest absolute Gasteiger partial charge is 0.418 e. The first-order valence-electron chi connectivity index (χ1n) is 5.62. The number of anilines is 1. The van der Waals surface area contributed by atoms with Gasteiger partial charge in [-0.25, -0.2) is 0 Å². The van der Waals surface area contributed by atoms with E-state index in [0.717, 1.165) is 6.07 Å². The van der Waals surface area contributed by atoms with Gasteiger partial charge >= 0.3 is 6.18 Å². The van der Waals surface area contributed by atoms with Gasteiger partial charge in [0.05, 0.1) is 28.2 Å². The molecule has 0 aliphatic carbocycles. The minimum absolute atomic E-state index is 0.0326. The second-order valence-corrected chi connectivity index (χ2v) is 4.50. The maximum absolute atomic E-state index is 12.7. The molecular weight excluding hydrogens is 317 g/mol. The van der Waals surface area contributed by atoms with Crippen molar-refractivity contribution in [2.24, 2.45) is 0 Å². The predicted octanol–water partition coefficient (Wildman–Crippen LogP) is 2.69. The topological polar surface area (TPSA) is 84.6 Å². The van der Waals surface area contributed by atoms with Crippen LogP contribution in [0.5, 0.6) is 0 Å². The molecular formula is C11H12ClF3N2O4. The Bertz CT molecular complexity index is 525. The normalized spacial score (nSPS) is 13.0. The van der Waals surface area contributed by atoms with Crippen molar-refractivity contribution in [2.45, 2.75) is 12.3 Å². The molecule has 1 atom stereocenters. The highest BCUT2D eigenvalue weighted by Crippen LogP contribution is 2.40. The van der Waals surface area contributed by atoms with Crippen molar-refractivity contribution >= 4 is 23.0 Å². The number of rotatable bonds is 6. The van der Waals surface area contributed by atoms with Gasteiger partial charge < -0.3 is 15.2 Å². The number of alkyl halides is 3. The van der Waals surface area contributed by atoms with E-state index in [-0.39, 0.29) is 18.8 Å². The fraction of sp³-hybridized carbons (Fsp3) is 0.455. The van der Waals surface area contributed by atoms with Crippen molar-refractivity contribution in [3.8, 4) is 0 Å². The minimum Gasteiger partial charge on any atom is -0.389 e. The highest BCUT2D eigenvalue weighted by atomic mass is 35.5. The fourth-order valence-corrected chi connectivity index (χ4v) is 1.82. The van der Waals surface area contributed by atoms with Gasteiger partial charge in [-0.15, -0.1) is 0 Å². The van der Waals surface area contributed by atoms with E-state index in [4.69, 9.17) is 11.6 Å². The lowest BCUT2D eigenvalue weighted by Crippen LogP contribution is -2.24. The lowest BCUT2D eigenvalue weighted by Gasteiger charge is -2.14. The second-order valence-electron chi connectivity index (χ2n) is 4.09. The van der Waals surface area contributed by atoms with Crippen LogP contribution in [0.25, 0.3) is 0 Å². The van der Waals surface area contributed by atoms with E-state index in [1.807, 2.05) is 0 Å². The average molecular weight is 329 g/mol. The number of benzene rings is 1. The van der Waals surface area contributed by atoms with Crippen LogP contribution >= 0.6 is 11.6 Å². The van der Waals surface area contributed by atoms with E-state index in [1.54, 1.807) is 0 Å². The molecule has 1 aromatic carbocycles. The van der Waals surface area contributed by atoms with Crippen LogP contribution in [0.15, 0.2) is 12.1 Å². The molecule has 1 unspecified atom stereocenters. The van der Waals surface area contributed by atoms with Crippen LogP contribution in [-0.2, 0) is 10.9 Å². The monoisotopic (exact) mass is 328 g/mol. The van der Waals surface area contributed by atoms with E-state index >= 15 is 0 Å². The fourth-order valence-electron chi connectivity index (χ4n) is 1.55. The van der Waals surface area contributed by atoms with Crippen molar-refractivity contribution in [3.05, 3.63) is 32.8 Å². The summed E-state index contributed by atoms with van der Waals surface area (Å²) in [7, 11) is 1.35. The Balaban J connectivity index is 3.09. The summed E-state index contributed by atoms with van der Waals surface area (Å²) in [5, 5.41) is 22.1. The van der Waals surface area contributed by atoms with Crippen LogP contribution in [0.4, 0.5) is 24.5 Å². The number of methoxy groups -OCH3 is 1. The van der Waals surface area contributed by atoms with Crippen LogP contribution in [0, 0.1) is 10.1 Å². The smallest absolute Gasteiger partial charge is 0.389 e. The van der Waals surface area contributed by atoms with Crippen LogP contribution in [-0.4, -0.2) is 36.4 Å². The molecule has 2 N–H and O–H groups in total. The Labute approximate surface area is 122 Å². The predicted molar refractivity (Wildman–Crippen MR) is 69.5 cm³/mol. The van der Waals surface area contributed by atoms with Gasteiger partial charge in [0, 0.05) is 19.7 Å². The number of nitro benzene ring substituents is 1. The molecule has 0 aliphatic heterocycles. The van der Waals surface area contributed by atoms with Crippen LogP contribution in [0.1, 0.15) is 5.56 Å². The zero-order chi connectivity index (χ0) is 16.2. The van der Waals surface area contributed by atoms with Crippen LogP contribution in [0.3, 0.4) is 0 Å². The summed E-state index contributed by atoms with van der Waals surface area (Å²) in [6.45, 7) is -0.175. The Morgan fingerprint density at radius 1 is 1.52 bits per heavy atom. The van der Waals surface area contributed by atoms with E-state index in [1.165, 1.54) is 7.11 Å². The molecule has 0 aromatic heterocycles. The van der Waals surface area contributed by atoms with Crippen LogP contribution in [0.2, 0.25) is 5.02 Å². The summed E-state index contributed by atoms with van der Waals surface area (Å²) >= 11 is 5.50. The zero-order valence-corrected chi connectivity index (χ0v) is 11.5. The number of halogens is 4. The number of hydrogen-bond acceptors (Lipinski definition) is 5. The molecule has 0 radical (unpaired) electrons. The SMILES string of the molecule is COCC(O)CNc1cc(Cl)c(C(F)(F)F)cc1[N+](=O)[O-]. The number of ether oxygens (including phenoxy) is 1. The van der Waals surface area contributed by atoms with E-state index < -0.39 is 33.5 Å². The second kappa shape index (κ2) is 6.92. The standard InChI is InChI=1S/C11H12ClF3N2O4/c1-21-5-6(18)4-16-9-3-8(12)7(11(13,14)15)2-10(9)17(19)20/h2-3,6,16,18H,4-5H2,1H3. The first-order chi connectivity index (χ1) is 9.66. The molecule has 6 nitrogen and oxygen atoms in total. The first-order valence-corrected chi connectivity index (χ1v) is 6.00. The molecule has 0 aliphatic rings. The van der Waals surface area contributed by atoms with Gasteiger partial charge in [0.15, 0.2) is 0 Å². The van der Waals surface area contributed by atoms with Crippen molar-refractivity contribution in [3.63, 3.8) is 0 Å². The molecule has 10 heteroatoms. The van der Waals surface area contributed by atoms with Gasteiger partial charge in [-0.1, -0.05) is 11.6 Å². The van der Waals surface area contributed by atoms with Gasteiger partial charge in [0.1, 0.15) is 5.69 Å². The Morgan fingerprint density at radius 3 is 2.62 bits per heavy atom. The van der Waals surface area contributed by atoms with Gasteiger partial charge in [-0.2, -0.15) is 13.2 Å². The molecule has 0 spiro atoms. The highest BCUT2D eigenvalue weighted by molar-refractivity contribution is 6.31. The third-order valence-electron chi connectivity index (χ3n) is 2.47. The number of hydrogen-bond donors (Lipinski definition) is 2. The third kappa shape index (κ3) is 4.73. The summed E-state index contributed by atoms with van der Waals surface area (Å²) < 4.78 is 42.6. The van der Waals surface area contributed by atoms with Crippen molar-refractivity contribution < 1.29 is 27.9 Å². The minimum atomic E-state index is -4.80.